The SMILES string of the molecule is CC(C)(C)[Si](C)(C)O[C@@H]1CO[C@H]2[C@@H]1OC[C@H]2Oc1nc2cc(Cl)c(CC3CCc4cc(O)cc(F)c43)nc2n1COCC[Si](C)(C)C.COCCOc1cc(F)c2c(c1)CCC2Cc1nc2c(cc1Cl)nc(O[C@@H]1CO[C@H]3[C@@H]1OC[C@H]3O[Si](C)(C)C(C)(C)C)n2COCC[Si](C)(C)C.O[C@@H]1CO[C@H]2[C@@H]1OC[C@H]2Oc1nc2nc(CC3CCc4cc(OCCF)cc(F)c43)c(Cl)cc2[nH]1. The zero-order valence-corrected chi connectivity index (χ0v) is 85.5. The van der Waals surface area contributed by atoms with Crippen LogP contribution in [0.25, 0.3) is 33.5 Å². The molecule has 726 valence electrons. The number of methoxy groups -OCH3 is 1. The normalized spacial score (nSPS) is 25.0. The Kier molecular flexibility index (Phi) is 30.3. The number of aliphatic hydroxyl groups excluding tert-OH is 1. The highest BCUT2D eigenvalue weighted by molar-refractivity contribution is 6.76. The highest BCUT2D eigenvalue weighted by Gasteiger charge is 2.56. The zero-order valence-electron chi connectivity index (χ0n) is 79.2. The van der Waals surface area contributed by atoms with Crippen molar-refractivity contribution in [2.24, 2.45) is 0 Å². The smallest absolute Gasteiger partial charge is 0.301 e. The Morgan fingerprint density at radius 1 is 0.466 bits per heavy atom. The summed E-state index contributed by atoms with van der Waals surface area (Å²) in [6.45, 7) is 40.2. The lowest BCUT2D eigenvalue weighted by Gasteiger charge is -2.39. The van der Waals surface area contributed by atoms with E-state index in [2.05, 4.69) is 122 Å². The van der Waals surface area contributed by atoms with Crippen LogP contribution in [0.3, 0.4) is 0 Å². The molecule has 3 N–H and O–H groups in total. The predicted molar refractivity (Wildman–Crippen MR) is 508 cm³/mol. The molecule has 18 rings (SSSR count). The number of nitrogens with one attached hydrogen (secondary N) is 1. The number of aromatic nitrogens is 9. The third-order valence-electron chi connectivity index (χ3n) is 27.8. The van der Waals surface area contributed by atoms with E-state index >= 15 is 4.39 Å². The summed E-state index contributed by atoms with van der Waals surface area (Å²) in [5.74, 6) is -0.445. The van der Waals surface area contributed by atoms with Crippen LogP contribution in [0, 0.1) is 17.5 Å². The third-order valence-corrected chi connectivity index (χ3v) is 41.2. The maximum absolute atomic E-state index is 15.5. The van der Waals surface area contributed by atoms with Gasteiger partial charge in [0.15, 0.2) is 51.9 Å². The van der Waals surface area contributed by atoms with Crippen LogP contribution < -0.4 is 23.7 Å². The summed E-state index contributed by atoms with van der Waals surface area (Å²) in [7, 11) is -5.05. The number of H-pyrrole nitrogens is 1. The minimum Gasteiger partial charge on any atom is -0.508 e. The maximum Gasteiger partial charge on any atom is 0.301 e. The number of pyridine rings is 3. The molecule has 0 saturated carbocycles. The van der Waals surface area contributed by atoms with Gasteiger partial charge in [0.25, 0.3) is 6.01 Å². The molecule has 133 heavy (non-hydrogen) atoms. The van der Waals surface area contributed by atoms with Crippen molar-refractivity contribution in [2.75, 3.05) is 86.5 Å². The number of aliphatic hydroxyl groups is 1. The van der Waals surface area contributed by atoms with E-state index in [0.717, 1.165) is 54.5 Å². The molecule has 27 nitrogen and oxygen atoms in total. The molecule has 6 fully saturated rings. The van der Waals surface area contributed by atoms with E-state index in [1.54, 1.807) is 31.4 Å². The van der Waals surface area contributed by atoms with Crippen molar-refractivity contribution in [3.05, 3.63) is 138 Å². The van der Waals surface area contributed by atoms with Crippen LogP contribution in [-0.2, 0) is 103 Å². The van der Waals surface area contributed by atoms with Gasteiger partial charge in [-0.2, -0.15) is 15.0 Å². The van der Waals surface area contributed by atoms with Gasteiger partial charge in [0.2, 0.25) is 0 Å². The zero-order chi connectivity index (χ0) is 94.7. The molecule has 0 amide bonds. The topological polar surface area (TPSA) is 291 Å². The highest BCUT2D eigenvalue weighted by Crippen LogP contribution is 2.48. The summed E-state index contributed by atoms with van der Waals surface area (Å²) >= 11 is 20.2. The van der Waals surface area contributed by atoms with Gasteiger partial charge in [-0.3, -0.25) is 9.13 Å². The maximum atomic E-state index is 15.5. The van der Waals surface area contributed by atoms with Gasteiger partial charge in [0.05, 0.1) is 96.1 Å². The van der Waals surface area contributed by atoms with E-state index in [1.165, 1.54) is 18.2 Å². The molecular formula is C95H128Cl3F4N9O18Si4. The van der Waals surface area contributed by atoms with Gasteiger partial charge < -0.3 is 90.4 Å². The first-order valence-corrected chi connectivity index (χ1v) is 60.9. The second kappa shape index (κ2) is 40.6. The first-order chi connectivity index (χ1) is 63.0. The Balaban J connectivity index is 0.000000148. The number of fused-ring (bicyclic) bond motifs is 9. The standard InChI is InChI=1S/C37H55ClFN3O7Si2.C34H49ClFN3O6Si2.C24H24ClF2N3O5/c1-37(2,3)51(8,9)49-31-21-47-33-30(20-46-34(31)33)48-36-41-29-19-26(38)28(40-35(29)42(36)22-44-14-15-50(5,6)7)17-24-11-10-23-16-25(45-13-12-43-4)18-27(39)32(23)24;1-34(2,3)47(7,8)45-28-18-43-30-27(17-42-31(28)30)44-33-38-26-16-23(35)25(37-32(26)39(33)19-41-11-12-46(4,5)6)14-21-10-9-20-13-22(40)15-24(36)29(20)21;25-14-8-17-23(30-24(29-17)35-19-10-34-21-18(31)9-33-22(19)21)28-16(14)6-12-2-1-11-5-13(32-4-3-26)7-15(27)20(11)12/h16,18-19,24,30-31,33-34H,10-15,17,20-22H2,1-9H3;13,15-16,21,27-28,30-31,40H,9-12,14,17-19H2,1-8H3;5,7-8,12,18-19,21-22,31H,1-4,6,9-10H2,(H,28,29,30)/t24?,30-,31-,33-,34-;21?,27-,28-,30-,31-;12?,18-,19-,21-,22-/m111/s1. The number of alkyl halides is 1. The van der Waals surface area contributed by atoms with Crippen LogP contribution in [0.1, 0.15) is 129 Å². The molecule has 6 aliphatic heterocycles. The molecule has 3 unspecified atom stereocenters. The monoisotopic (exact) mass is 1980 g/mol. The summed E-state index contributed by atoms with van der Waals surface area (Å²) in [5.41, 5.74) is 10.1. The highest BCUT2D eigenvalue weighted by atomic mass is 35.5. The summed E-state index contributed by atoms with van der Waals surface area (Å²) in [4.78, 5) is 31.9. The van der Waals surface area contributed by atoms with Crippen molar-refractivity contribution in [1.29, 1.82) is 0 Å². The minimum atomic E-state index is -2.03. The van der Waals surface area contributed by atoms with Gasteiger partial charge in [-0.15, -0.1) is 0 Å². The molecule has 0 spiro atoms. The number of hydrogen-bond acceptors (Lipinski definition) is 24. The van der Waals surface area contributed by atoms with Crippen LogP contribution in [0.4, 0.5) is 17.6 Å². The fourth-order valence-corrected chi connectivity index (χ4v) is 23.4. The van der Waals surface area contributed by atoms with E-state index in [1.807, 2.05) is 21.3 Å². The molecule has 3 aliphatic carbocycles. The number of benzene rings is 3. The van der Waals surface area contributed by atoms with Crippen molar-refractivity contribution in [3.63, 3.8) is 0 Å². The van der Waals surface area contributed by atoms with Crippen molar-refractivity contribution in [2.45, 2.75) is 291 Å². The van der Waals surface area contributed by atoms with Gasteiger partial charge in [-0.25, -0.2) is 32.5 Å². The number of aromatic amines is 1. The first kappa shape index (κ1) is 99.3. The second-order valence-electron chi connectivity index (χ2n) is 42.0. The molecule has 12 heterocycles. The van der Waals surface area contributed by atoms with Crippen LogP contribution in [0.5, 0.6) is 35.3 Å². The fraction of sp³-hybridized carbons (Fsp3) is 0.621. The van der Waals surface area contributed by atoms with Crippen molar-refractivity contribution < 1.29 is 103 Å². The predicted octanol–water partition coefficient (Wildman–Crippen LogP) is 18.5. The first-order valence-electron chi connectivity index (χ1n) is 46.6. The number of imidazole rings is 3. The van der Waals surface area contributed by atoms with Crippen molar-refractivity contribution in [3.8, 4) is 35.3 Å². The summed E-state index contributed by atoms with van der Waals surface area (Å²) in [6, 6.07) is 17.8. The summed E-state index contributed by atoms with van der Waals surface area (Å²) in [5, 5.41) is 21.4. The van der Waals surface area contributed by atoms with E-state index < -0.39 is 57.8 Å². The second-order valence-corrected chi connectivity index (χ2v) is 64.0. The van der Waals surface area contributed by atoms with Gasteiger partial charge in [0.1, 0.15) is 122 Å². The van der Waals surface area contributed by atoms with E-state index in [0.29, 0.717) is 191 Å². The lowest BCUT2D eigenvalue weighted by molar-refractivity contribution is 0.00684. The molecule has 0 bridgehead atoms. The Bertz CT molecular complexity index is 5640. The molecule has 0 radical (unpaired) electrons. The lowest BCUT2D eigenvalue weighted by atomic mass is 9.95. The van der Waals surface area contributed by atoms with Crippen LogP contribution in [0.15, 0.2) is 54.6 Å². The number of halogens is 7. The Morgan fingerprint density at radius 3 is 1.32 bits per heavy atom. The molecule has 9 aromatic rings. The summed E-state index contributed by atoms with van der Waals surface area (Å²) < 4.78 is 159. The number of nitrogens with zero attached hydrogens (tertiary/aromatic N) is 8. The molecular weight excluding hydrogens is 1850 g/mol. The van der Waals surface area contributed by atoms with Crippen LogP contribution in [0.2, 0.25) is 103 Å². The summed E-state index contributed by atoms with van der Waals surface area (Å²) in [6.07, 6.45) is 2.02. The van der Waals surface area contributed by atoms with E-state index in [9.17, 15) is 23.4 Å². The molecule has 15 atom stereocenters. The average molecular weight is 1980 g/mol. The Morgan fingerprint density at radius 2 is 0.865 bits per heavy atom. The van der Waals surface area contributed by atoms with E-state index in [-0.39, 0.29) is 145 Å². The van der Waals surface area contributed by atoms with Gasteiger partial charge in [0, 0.05) is 54.7 Å². The largest absolute Gasteiger partial charge is 0.508 e. The van der Waals surface area contributed by atoms with Gasteiger partial charge in [-0.05, 0) is 194 Å². The van der Waals surface area contributed by atoms with Gasteiger partial charge >= 0.3 is 12.0 Å². The number of phenolic OH excluding ortho intramolecular Hbond substituents is 1. The Labute approximate surface area is 793 Å². The number of aryl methyl sites for hydroxylation is 3. The van der Waals surface area contributed by atoms with Crippen LogP contribution >= 0.6 is 34.8 Å². The fourth-order valence-electron chi connectivity index (χ4n) is 18.6. The molecule has 6 saturated heterocycles. The number of rotatable bonds is 33. The molecule has 38 heteroatoms. The molecule has 3 aromatic carbocycles. The number of hydrogen-bond donors (Lipinski definition) is 3. The molecule has 9 aliphatic rings. The average Bonchev–Trinajstić information content (AvgIpc) is 1.61. The minimum absolute atomic E-state index is 0.0503. The van der Waals surface area contributed by atoms with Crippen LogP contribution in [-0.4, -0.2) is 247 Å². The van der Waals surface area contributed by atoms with Crippen molar-refractivity contribution >= 4 is 101 Å². The van der Waals surface area contributed by atoms with Gasteiger partial charge in [-0.1, -0.05) is 116 Å². The quantitative estimate of drug-likeness (QED) is 0.0196. The molecule has 6 aromatic heterocycles. The number of aromatic hydroxyl groups is 1. The third kappa shape index (κ3) is 22.4. The number of ether oxygens (including phenoxy) is 14. The number of phenols is 1. The van der Waals surface area contributed by atoms with Crippen molar-refractivity contribution in [1.82, 2.24) is 44.0 Å². The Hall–Kier alpha value is -6.70. The lowest BCUT2D eigenvalue weighted by Crippen LogP contribution is -2.47. The van der Waals surface area contributed by atoms with E-state index in [4.69, 9.17) is 130 Å².